The van der Waals surface area contributed by atoms with Crippen molar-refractivity contribution in [2.24, 2.45) is 0 Å². The molecule has 0 saturated carbocycles. The molecule has 3 nitrogen and oxygen atoms in total. The molecule has 0 unspecified atom stereocenters. The topological polar surface area (TPSA) is 29.5 Å². The van der Waals surface area contributed by atoms with Crippen molar-refractivity contribution in [2.45, 2.75) is 13.0 Å². The van der Waals surface area contributed by atoms with Crippen molar-refractivity contribution in [1.29, 1.82) is 0 Å². The van der Waals surface area contributed by atoms with Gasteiger partial charge in [0.2, 0.25) is 0 Å². The number of ether oxygens (including phenoxy) is 1. The lowest BCUT2D eigenvalue weighted by molar-refractivity contribution is 0.0993. The zero-order valence-electron chi connectivity index (χ0n) is 15.2. The average molecular weight is 397 g/mol. The molecule has 2 heterocycles. The van der Waals surface area contributed by atoms with Gasteiger partial charge in [0.05, 0.1) is 24.3 Å². The highest BCUT2D eigenvalue weighted by Gasteiger charge is 2.23. The van der Waals surface area contributed by atoms with Crippen molar-refractivity contribution in [3.63, 3.8) is 0 Å². The van der Waals surface area contributed by atoms with Gasteiger partial charge in [-0.15, -0.1) is 11.3 Å². The third kappa shape index (κ3) is 2.52. The van der Waals surface area contributed by atoms with Gasteiger partial charge in [-0.25, -0.2) is 8.78 Å². The summed E-state index contributed by atoms with van der Waals surface area (Å²) in [7, 11) is 0. The van der Waals surface area contributed by atoms with Crippen molar-refractivity contribution in [3.8, 4) is 0 Å². The van der Waals surface area contributed by atoms with E-state index in [0.717, 1.165) is 27.7 Å². The van der Waals surface area contributed by atoms with E-state index in [0.29, 0.717) is 24.0 Å². The van der Waals surface area contributed by atoms with Gasteiger partial charge in [-0.2, -0.15) is 0 Å². The minimum Gasteiger partial charge on any atom is -0.377 e. The Morgan fingerprint density at radius 2 is 1.86 bits per heavy atom. The lowest BCUT2D eigenvalue weighted by Crippen LogP contribution is -2.43. The third-order valence-corrected chi connectivity index (χ3v) is 6.60. The smallest absolute Gasteiger partial charge is 0.194 e. The molecule has 1 atom stereocenters. The van der Waals surface area contributed by atoms with Gasteiger partial charge in [0.15, 0.2) is 17.1 Å². The molecule has 28 heavy (non-hydrogen) atoms. The SMILES string of the molecule is C[C@H]1COCCN1c1cc2c(s1)c1ccccc1c(=O)c1ccc(F)c(F)c12. The molecule has 0 amide bonds. The van der Waals surface area contributed by atoms with Crippen LogP contribution in [-0.4, -0.2) is 25.8 Å². The molecule has 1 aromatic heterocycles. The lowest BCUT2D eigenvalue weighted by Gasteiger charge is -2.33. The summed E-state index contributed by atoms with van der Waals surface area (Å²) in [5.74, 6) is -1.92. The van der Waals surface area contributed by atoms with E-state index in [1.807, 2.05) is 18.2 Å². The molecule has 0 radical (unpaired) electrons. The van der Waals surface area contributed by atoms with E-state index in [4.69, 9.17) is 4.74 Å². The predicted octanol–water partition coefficient (Wildman–Crippen LogP) is 5.07. The van der Waals surface area contributed by atoms with Crippen LogP contribution in [0.5, 0.6) is 0 Å². The van der Waals surface area contributed by atoms with Crippen molar-refractivity contribution in [1.82, 2.24) is 0 Å². The normalized spacial score (nSPS) is 17.7. The Hall–Kier alpha value is -2.57. The van der Waals surface area contributed by atoms with E-state index in [-0.39, 0.29) is 22.2 Å². The predicted molar refractivity (Wildman–Crippen MR) is 111 cm³/mol. The Morgan fingerprint density at radius 3 is 2.64 bits per heavy atom. The van der Waals surface area contributed by atoms with Crippen LogP contribution in [0.3, 0.4) is 0 Å². The standard InChI is InChI=1S/C22H17F2NO2S/c1-12-11-27-9-8-25(12)18-10-16-19-15(6-7-17(23)20(19)24)21(26)13-4-2-3-5-14(13)22(16)28-18/h2-7,10,12H,8-9,11H2,1H3/t12-/m0/s1. The summed E-state index contributed by atoms with van der Waals surface area (Å²) in [6.45, 7) is 4.06. The third-order valence-electron chi connectivity index (χ3n) is 5.39. The minimum absolute atomic E-state index is 0.0552. The zero-order valence-corrected chi connectivity index (χ0v) is 16.0. The summed E-state index contributed by atoms with van der Waals surface area (Å²) in [4.78, 5) is 15.3. The van der Waals surface area contributed by atoms with Crippen molar-refractivity contribution < 1.29 is 13.5 Å². The Bertz CT molecular complexity index is 1300. The minimum atomic E-state index is -0.973. The summed E-state index contributed by atoms with van der Waals surface area (Å²) in [5.41, 5.74) is -0.283. The molecule has 5 rings (SSSR count). The monoisotopic (exact) mass is 397 g/mol. The number of anilines is 1. The summed E-state index contributed by atoms with van der Waals surface area (Å²) in [6.07, 6.45) is 0. The number of morpholine rings is 1. The van der Waals surface area contributed by atoms with Crippen LogP contribution in [0.15, 0.2) is 47.3 Å². The van der Waals surface area contributed by atoms with Gasteiger partial charge in [0.1, 0.15) is 0 Å². The average Bonchev–Trinajstić information content (AvgIpc) is 3.10. The van der Waals surface area contributed by atoms with Gasteiger partial charge in [0.25, 0.3) is 0 Å². The Balaban J connectivity index is 1.98. The quantitative estimate of drug-likeness (QED) is 0.449. The number of thiophene rings is 1. The van der Waals surface area contributed by atoms with Crippen LogP contribution in [0.2, 0.25) is 0 Å². The molecule has 0 N–H and O–H groups in total. The summed E-state index contributed by atoms with van der Waals surface area (Å²) >= 11 is 1.51. The fourth-order valence-electron chi connectivity index (χ4n) is 3.99. The van der Waals surface area contributed by atoms with Crippen LogP contribution in [-0.2, 0) is 4.74 Å². The van der Waals surface area contributed by atoms with Gasteiger partial charge >= 0.3 is 0 Å². The van der Waals surface area contributed by atoms with Gasteiger partial charge in [0, 0.05) is 38.2 Å². The Labute approximate surface area is 163 Å². The van der Waals surface area contributed by atoms with E-state index in [1.54, 1.807) is 12.1 Å². The number of rotatable bonds is 1. The maximum absolute atomic E-state index is 14.9. The van der Waals surface area contributed by atoms with Crippen molar-refractivity contribution in [2.75, 3.05) is 24.7 Å². The van der Waals surface area contributed by atoms with Gasteiger partial charge in [-0.05, 0) is 25.1 Å². The summed E-state index contributed by atoms with van der Waals surface area (Å²) in [5, 5.41) is 3.07. The first-order valence-electron chi connectivity index (χ1n) is 9.17. The largest absolute Gasteiger partial charge is 0.377 e. The first-order chi connectivity index (χ1) is 13.6. The highest BCUT2D eigenvalue weighted by atomic mass is 32.1. The van der Waals surface area contributed by atoms with E-state index in [9.17, 15) is 13.6 Å². The van der Waals surface area contributed by atoms with E-state index in [2.05, 4.69) is 11.8 Å². The first kappa shape index (κ1) is 17.5. The lowest BCUT2D eigenvalue weighted by atomic mass is 10.1. The van der Waals surface area contributed by atoms with Crippen LogP contribution >= 0.6 is 11.3 Å². The molecule has 6 heteroatoms. The fourth-order valence-corrected chi connectivity index (χ4v) is 5.32. The molecular formula is C22H17F2NO2S. The number of hydrogen-bond donors (Lipinski definition) is 0. The van der Waals surface area contributed by atoms with Crippen molar-refractivity contribution >= 4 is 48.0 Å². The van der Waals surface area contributed by atoms with Crippen molar-refractivity contribution in [3.05, 3.63) is 64.3 Å². The van der Waals surface area contributed by atoms with Gasteiger partial charge in [-0.1, -0.05) is 24.3 Å². The van der Waals surface area contributed by atoms with E-state index < -0.39 is 11.6 Å². The van der Waals surface area contributed by atoms with Crippen LogP contribution in [0.4, 0.5) is 13.8 Å². The highest BCUT2D eigenvalue weighted by molar-refractivity contribution is 7.23. The first-order valence-corrected chi connectivity index (χ1v) is 9.98. The van der Waals surface area contributed by atoms with Gasteiger partial charge in [-0.3, -0.25) is 4.79 Å². The maximum atomic E-state index is 14.9. The van der Waals surface area contributed by atoms with Crippen LogP contribution in [0.1, 0.15) is 6.92 Å². The van der Waals surface area contributed by atoms with Gasteiger partial charge < -0.3 is 9.64 Å². The summed E-state index contributed by atoms with van der Waals surface area (Å²) in [6, 6.07) is 11.7. The number of fused-ring (bicyclic) bond motifs is 5. The number of nitrogens with zero attached hydrogens (tertiary/aromatic N) is 1. The molecule has 4 aromatic rings. The second-order valence-electron chi connectivity index (χ2n) is 7.10. The van der Waals surface area contributed by atoms with E-state index in [1.165, 1.54) is 17.4 Å². The molecule has 0 spiro atoms. The number of hydrogen-bond acceptors (Lipinski definition) is 4. The van der Waals surface area contributed by atoms with Crippen LogP contribution < -0.4 is 10.3 Å². The number of halogens is 2. The molecule has 1 aliphatic heterocycles. The maximum Gasteiger partial charge on any atom is 0.194 e. The molecule has 1 aliphatic rings. The second-order valence-corrected chi connectivity index (χ2v) is 8.13. The van der Waals surface area contributed by atoms with Crippen LogP contribution in [0, 0.1) is 11.6 Å². The Kier molecular flexibility index (Phi) is 4.07. The molecule has 0 aliphatic carbocycles. The molecular weight excluding hydrogens is 380 g/mol. The highest BCUT2D eigenvalue weighted by Crippen LogP contribution is 2.40. The molecule has 1 saturated heterocycles. The summed E-state index contributed by atoms with van der Waals surface area (Å²) < 4.78 is 35.3. The zero-order chi connectivity index (χ0) is 19.4. The van der Waals surface area contributed by atoms with Crippen LogP contribution in [0.25, 0.3) is 31.6 Å². The fraction of sp³-hybridized carbons (Fsp3) is 0.227. The molecule has 0 bridgehead atoms. The molecule has 3 aromatic carbocycles. The number of benzene rings is 2. The molecule has 1 fully saturated rings. The second kappa shape index (κ2) is 6.50. The Morgan fingerprint density at radius 1 is 1.07 bits per heavy atom. The molecule has 142 valence electrons. The van der Waals surface area contributed by atoms with E-state index >= 15 is 0 Å².